The maximum Gasteiger partial charge on any atom is 0.416 e. The van der Waals surface area contributed by atoms with Crippen molar-refractivity contribution in [2.45, 2.75) is 62.7 Å². The molecule has 0 aliphatic carbocycles. The number of quaternary nitrogens is 1. The lowest BCUT2D eigenvalue weighted by molar-refractivity contribution is -0.518. The lowest BCUT2D eigenvalue weighted by Gasteiger charge is -2.33. The number of amides is 2. The molecule has 3 atom stereocenters. The van der Waals surface area contributed by atoms with E-state index in [1.54, 1.807) is 4.90 Å². The number of nitrogens with one attached hydrogen (secondary N) is 1. The molecule has 2 amide bonds. The van der Waals surface area contributed by atoms with Crippen LogP contribution in [0.1, 0.15) is 54.2 Å². The predicted molar refractivity (Wildman–Crippen MR) is 171 cm³/mol. The summed E-state index contributed by atoms with van der Waals surface area (Å²) in [6.07, 6.45) is -5.83. The number of nitrogen functional groups attached to an aromatic ring is 1. The molecule has 270 valence electrons. The van der Waals surface area contributed by atoms with Crippen LogP contribution in [0.3, 0.4) is 0 Å². The van der Waals surface area contributed by atoms with Crippen LogP contribution in [0.15, 0.2) is 22.9 Å². The minimum absolute atomic E-state index is 0.000480. The number of hydrogen-bond acceptors (Lipinski definition) is 10. The molecule has 0 unspecified atom stereocenters. The van der Waals surface area contributed by atoms with E-state index in [0.29, 0.717) is 24.6 Å². The van der Waals surface area contributed by atoms with E-state index in [9.17, 15) is 27.2 Å². The van der Waals surface area contributed by atoms with Gasteiger partial charge in [-0.15, -0.1) is 0 Å². The second-order valence-corrected chi connectivity index (χ2v) is 13.6. The maximum absolute atomic E-state index is 15.3. The van der Waals surface area contributed by atoms with E-state index in [4.69, 9.17) is 32.2 Å². The average molecular weight is 728 g/mol. The molecule has 12 nitrogen and oxygen atoms in total. The van der Waals surface area contributed by atoms with Gasteiger partial charge in [0.15, 0.2) is 11.5 Å². The fraction of sp³-hybridized carbons (Fsp3) is 0.531. The van der Waals surface area contributed by atoms with E-state index in [1.165, 1.54) is 24.3 Å². The summed E-state index contributed by atoms with van der Waals surface area (Å²) in [5.41, 5.74) is 2.90. The highest BCUT2D eigenvalue weighted by atomic mass is 35.5. The molecule has 1 aromatic heterocycles. The van der Waals surface area contributed by atoms with Crippen LogP contribution in [-0.2, 0) is 33.5 Å². The first-order valence-corrected chi connectivity index (χ1v) is 16.5. The van der Waals surface area contributed by atoms with Gasteiger partial charge in [0.1, 0.15) is 29.3 Å². The molecule has 18 heteroatoms. The van der Waals surface area contributed by atoms with Crippen LogP contribution in [0, 0.1) is 11.2 Å². The van der Waals surface area contributed by atoms with Crippen molar-refractivity contribution >= 4 is 40.6 Å². The summed E-state index contributed by atoms with van der Waals surface area (Å²) >= 11 is 6.51. The van der Waals surface area contributed by atoms with E-state index in [1.807, 2.05) is 4.90 Å². The van der Waals surface area contributed by atoms with Gasteiger partial charge < -0.3 is 25.0 Å². The lowest BCUT2D eigenvalue weighted by Crippen LogP contribution is -2.86. The average Bonchev–Trinajstić information content (AvgIpc) is 3.51. The number of anilines is 2. The van der Waals surface area contributed by atoms with Gasteiger partial charge in [-0.3, -0.25) is 20.4 Å². The quantitative estimate of drug-likeness (QED) is 0.222. The third-order valence-electron chi connectivity index (χ3n) is 9.67. The Balaban J connectivity index is 1.40. The molecule has 2 aromatic rings. The van der Waals surface area contributed by atoms with Crippen LogP contribution < -0.4 is 20.7 Å². The summed E-state index contributed by atoms with van der Waals surface area (Å²) in [5.74, 6) is -2.02. The Morgan fingerprint density at radius 3 is 2.76 bits per heavy atom. The minimum Gasteiger partial charge on any atom is -0.461 e. The van der Waals surface area contributed by atoms with Gasteiger partial charge in [0.2, 0.25) is 0 Å². The van der Waals surface area contributed by atoms with Gasteiger partial charge in [0.25, 0.3) is 5.91 Å². The first kappa shape index (κ1) is 35.9. The van der Waals surface area contributed by atoms with E-state index in [0.717, 1.165) is 12.5 Å². The molecule has 0 saturated carbocycles. The van der Waals surface area contributed by atoms with Crippen molar-refractivity contribution in [1.29, 1.82) is 5.41 Å². The Hall–Kier alpha value is -3.93. The number of rotatable bonds is 7. The smallest absolute Gasteiger partial charge is 0.416 e. The molecule has 5 heterocycles. The van der Waals surface area contributed by atoms with Crippen molar-refractivity contribution in [2.75, 3.05) is 57.5 Å². The van der Waals surface area contributed by atoms with Crippen LogP contribution in [0.4, 0.5) is 33.5 Å². The number of primary amides is 1. The predicted octanol–water partition coefficient (Wildman–Crippen LogP) is 2.84. The summed E-state index contributed by atoms with van der Waals surface area (Å²) in [7, 11) is 2.91. The van der Waals surface area contributed by atoms with Gasteiger partial charge in [-0.25, -0.2) is 13.6 Å². The Bertz CT molecular complexity index is 1760. The van der Waals surface area contributed by atoms with E-state index < -0.39 is 58.2 Å². The largest absolute Gasteiger partial charge is 0.461 e. The molecule has 3 fully saturated rings. The second kappa shape index (κ2) is 13.7. The number of fused-ring (bicyclic) bond motifs is 2. The Labute approximate surface area is 289 Å². The Morgan fingerprint density at radius 1 is 1.28 bits per heavy atom. The van der Waals surface area contributed by atoms with Gasteiger partial charge in [0, 0.05) is 51.2 Å². The zero-order valence-corrected chi connectivity index (χ0v) is 28.1. The van der Waals surface area contributed by atoms with Crippen LogP contribution in [0.25, 0.3) is 0 Å². The molecule has 0 spiro atoms. The summed E-state index contributed by atoms with van der Waals surface area (Å²) in [6, 6.07) is 1.42. The highest BCUT2D eigenvalue weighted by Gasteiger charge is 2.49. The molecule has 50 heavy (non-hydrogen) atoms. The summed E-state index contributed by atoms with van der Waals surface area (Å²) in [6.45, 7) is 0.743. The standard InChI is InChI=1S/C32H36ClF5N8O4/c1-44(2)29(48)27(40)25(33)21-13-45(9-6-23(47)41-21)28-17-14-49-22(24-18(32(36,37)38)4-5-19(39)26(24)35)10-20(17)42-30(43-28)50-15-31-7-3-8-46(31)12-16(34)11-31/h4-5,16,22,40H,3,6-15,39H2,1-2H3,(H,41,47)/p+1/b25-21+,40-27?/t16-,22+,31+/m1/s1. The van der Waals surface area contributed by atoms with Crippen molar-refractivity contribution < 1.29 is 46.3 Å². The number of nitrogens with two attached hydrogens (primary N) is 2. The van der Waals surface area contributed by atoms with Gasteiger partial charge in [-0.1, -0.05) is 11.6 Å². The highest BCUT2D eigenvalue weighted by molar-refractivity contribution is 6.58. The third-order valence-corrected chi connectivity index (χ3v) is 10.1. The number of aromatic nitrogens is 2. The van der Waals surface area contributed by atoms with Gasteiger partial charge in [0.05, 0.1) is 48.2 Å². The normalized spacial score (nSPS) is 25.2. The first-order valence-electron chi connectivity index (χ1n) is 16.1. The number of hydrogen-bond donors (Lipinski definition) is 3. The van der Waals surface area contributed by atoms with Crippen LogP contribution in [0.5, 0.6) is 6.01 Å². The van der Waals surface area contributed by atoms with Gasteiger partial charge in [-0.05, 0) is 31.5 Å². The molecule has 0 radical (unpaired) electrons. The number of alkyl halides is 4. The van der Waals surface area contributed by atoms with Crippen LogP contribution in [0.2, 0.25) is 0 Å². The fourth-order valence-electron chi connectivity index (χ4n) is 7.19. The Morgan fingerprint density at radius 2 is 2.04 bits per heavy atom. The monoisotopic (exact) mass is 727 g/mol. The van der Waals surface area contributed by atoms with Crippen molar-refractivity contribution in [1.82, 2.24) is 19.8 Å². The van der Waals surface area contributed by atoms with E-state index >= 15 is 4.39 Å². The molecule has 1 aromatic carbocycles. The van der Waals surface area contributed by atoms with Crippen molar-refractivity contribution in [3.8, 4) is 6.01 Å². The van der Waals surface area contributed by atoms with E-state index in [2.05, 4.69) is 9.97 Å². The summed E-state index contributed by atoms with van der Waals surface area (Å²) in [5, 5.41) is 9.35. The molecule has 0 bridgehead atoms. The van der Waals surface area contributed by atoms with Gasteiger partial charge >= 0.3 is 18.1 Å². The summed E-state index contributed by atoms with van der Waals surface area (Å²) in [4.78, 5) is 39.4. The zero-order chi connectivity index (χ0) is 36.1. The Kier molecular flexibility index (Phi) is 9.80. The number of nitrogens with zero attached hydrogens (tertiary/aromatic N) is 5. The SMILES string of the molecule is CN(C)C(=O)C(=N)/C(Cl)=C1/CN(c2nc(OC[C@@]34CCCN3C[C@H](F)C4)nc3c2CO[C@H](c2c(C(F)(F)F)ccc(N)c2F)C3)CCC(=O)[NH2+]1. The number of carbonyl (C=O) groups is 2. The maximum atomic E-state index is 15.3. The molecular weight excluding hydrogens is 691 g/mol. The molecule has 5 N–H and O–H groups in total. The van der Waals surface area contributed by atoms with Gasteiger partial charge in [-0.2, -0.15) is 23.1 Å². The fourth-order valence-corrected chi connectivity index (χ4v) is 7.39. The summed E-state index contributed by atoms with van der Waals surface area (Å²) < 4.78 is 84.0. The highest BCUT2D eigenvalue weighted by Crippen LogP contribution is 2.44. The number of carbonyl (C=O) groups excluding carboxylic acids is 2. The van der Waals surface area contributed by atoms with Crippen molar-refractivity contribution in [2.24, 2.45) is 0 Å². The molecule has 6 rings (SSSR count). The molecular formula is C32H37ClF5N8O4+. The zero-order valence-electron chi connectivity index (χ0n) is 27.4. The second-order valence-electron chi connectivity index (χ2n) is 13.2. The molecule has 4 aliphatic rings. The topological polar surface area (TPSA) is 155 Å². The van der Waals surface area contributed by atoms with Crippen molar-refractivity contribution in [3.05, 3.63) is 51.1 Å². The van der Waals surface area contributed by atoms with Crippen molar-refractivity contribution in [3.63, 3.8) is 0 Å². The number of benzene rings is 1. The first-order chi connectivity index (χ1) is 23.6. The minimum atomic E-state index is -4.90. The lowest BCUT2D eigenvalue weighted by atomic mass is 9.94. The molecule has 3 saturated heterocycles. The van der Waals surface area contributed by atoms with Crippen LogP contribution in [-0.4, -0.2) is 95.9 Å². The number of ether oxygens (including phenoxy) is 2. The number of halogens is 6. The van der Waals surface area contributed by atoms with Crippen LogP contribution >= 0.6 is 11.6 Å². The third kappa shape index (κ3) is 6.87. The van der Waals surface area contributed by atoms with E-state index in [-0.39, 0.29) is 86.3 Å². The molecule has 4 aliphatic heterocycles.